The van der Waals surface area contributed by atoms with Crippen molar-refractivity contribution < 1.29 is 33.3 Å². The maximum Gasteiger partial charge on any atom is 0.308 e. The van der Waals surface area contributed by atoms with E-state index in [1.54, 1.807) is 7.11 Å². The number of carbonyl (C=O) groups is 3. The van der Waals surface area contributed by atoms with Crippen molar-refractivity contribution in [2.75, 3.05) is 7.11 Å². The van der Waals surface area contributed by atoms with E-state index in [4.69, 9.17) is 18.9 Å². The van der Waals surface area contributed by atoms with Crippen molar-refractivity contribution in [2.24, 2.45) is 28.6 Å². The van der Waals surface area contributed by atoms with Gasteiger partial charge in [-0.25, -0.2) is 0 Å². The average Bonchev–Trinajstić information content (AvgIpc) is 2.77. The van der Waals surface area contributed by atoms with Gasteiger partial charge in [0.1, 0.15) is 18.3 Å². The second-order valence-electron chi connectivity index (χ2n) is 12.3. The molecule has 1 unspecified atom stereocenters. The van der Waals surface area contributed by atoms with E-state index in [-0.39, 0.29) is 41.2 Å². The first-order valence-electron chi connectivity index (χ1n) is 13.6. The molecular formula is C30H46O7. The first kappa shape index (κ1) is 29.4. The molecule has 0 aromatic carbocycles. The summed E-state index contributed by atoms with van der Waals surface area (Å²) in [6.07, 6.45) is 1.65. The van der Waals surface area contributed by atoms with Crippen molar-refractivity contribution in [3.05, 3.63) is 23.3 Å². The molecule has 2 saturated carbocycles. The van der Waals surface area contributed by atoms with Crippen LogP contribution in [-0.4, -0.2) is 49.4 Å². The second kappa shape index (κ2) is 10.9. The number of ether oxygens (including phenoxy) is 4. The van der Waals surface area contributed by atoms with Crippen LogP contribution in [0.15, 0.2) is 23.3 Å². The quantitative estimate of drug-likeness (QED) is 0.258. The highest BCUT2D eigenvalue weighted by molar-refractivity contribution is 5.72. The van der Waals surface area contributed by atoms with Crippen LogP contribution < -0.4 is 0 Å². The summed E-state index contributed by atoms with van der Waals surface area (Å²) in [6, 6.07) is 0. The van der Waals surface area contributed by atoms with Crippen molar-refractivity contribution in [3.8, 4) is 0 Å². The highest BCUT2D eigenvalue weighted by Crippen LogP contribution is 2.60. The summed E-state index contributed by atoms with van der Waals surface area (Å²) in [5.74, 6) is -1.87. The predicted molar refractivity (Wildman–Crippen MR) is 140 cm³/mol. The Morgan fingerprint density at radius 3 is 2.22 bits per heavy atom. The molecule has 3 rings (SSSR count). The molecule has 7 nitrogen and oxygen atoms in total. The fourth-order valence-electron chi connectivity index (χ4n) is 7.48. The van der Waals surface area contributed by atoms with Crippen LogP contribution in [0.5, 0.6) is 0 Å². The zero-order valence-electron chi connectivity index (χ0n) is 24.1. The molecule has 0 saturated heterocycles. The predicted octanol–water partition coefficient (Wildman–Crippen LogP) is 5.56. The Bertz CT molecular complexity index is 963. The summed E-state index contributed by atoms with van der Waals surface area (Å²) < 4.78 is 24.3. The Labute approximate surface area is 222 Å². The Morgan fingerprint density at radius 1 is 1.05 bits per heavy atom. The van der Waals surface area contributed by atoms with Crippen LogP contribution in [0.4, 0.5) is 0 Å². The third-order valence-electron chi connectivity index (χ3n) is 9.27. The minimum absolute atomic E-state index is 0.146. The summed E-state index contributed by atoms with van der Waals surface area (Å²) in [5.41, 5.74) is 2.27. The summed E-state index contributed by atoms with van der Waals surface area (Å²) >= 11 is 0. The minimum atomic E-state index is -0.612. The SMILES string of the molecule is C=C1[C@@H](OC(C)=O)CC[C@@]2(C)C[C@H](OC)C3=C(C)C[C@H](OC(=O)C(C)CC)[C@@H]([C@@H](OC(C)=O)[C@H]12)C3(C)C. The van der Waals surface area contributed by atoms with Gasteiger partial charge in [0.2, 0.25) is 0 Å². The van der Waals surface area contributed by atoms with E-state index in [1.807, 2.05) is 13.8 Å². The molecule has 0 aromatic heterocycles. The molecule has 0 radical (unpaired) electrons. The molecule has 3 aliphatic carbocycles. The fourth-order valence-corrected chi connectivity index (χ4v) is 7.48. The minimum Gasteiger partial charge on any atom is -0.461 e. The van der Waals surface area contributed by atoms with Gasteiger partial charge in [0, 0.05) is 39.2 Å². The molecular weight excluding hydrogens is 472 g/mol. The third-order valence-corrected chi connectivity index (χ3v) is 9.27. The van der Waals surface area contributed by atoms with E-state index in [2.05, 4.69) is 34.3 Å². The highest BCUT2D eigenvalue weighted by atomic mass is 16.6. The number of carbonyl (C=O) groups excluding carboxylic acids is 3. The molecule has 2 fully saturated rings. The standard InChI is InChI=1S/C30H46O7/c1-11-16(2)28(33)37-22-14-17(3)24-23(34-10)15-30(9)13-12-21(35-19(5)31)18(4)25(30)27(36-20(6)32)26(22)29(24,7)8/h16,21-23,25-27H,4,11-15H2,1-3,5-10H3/t16?,21-,22-,23-,25-,26-,27-,30-/m0/s1. The smallest absolute Gasteiger partial charge is 0.308 e. The van der Waals surface area contributed by atoms with Gasteiger partial charge < -0.3 is 18.9 Å². The number of esters is 3. The van der Waals surface area contributed by atoms with Gasteiger partial charge in [-0.2, -0.15) is 0 Å². The van der Waals surface area contributed by atoms with Gasteiger partial charge in [0.05, 0.1) is 12.0 Å². The van der Waals surface area contributed by atoms with Gasteiger partial charge in [-0.3, -0.25) is 14.4 Å². The second-order valence-corrected chi connectivity index (χ2v) is 12.3. The van der Waals surface area contributed by atoms with Crippen LogP contribution >= 0.6 is 0 Å². The molecule has 7 heteroatoms. The van der Waals surface area contributed by atoms with Crippen LogP contribution in [0.25, 0.3) is 0 Å². The molecule has 0 heterocycles. The molecule has 0 N–H and O–H groups in total. The number of hydrogen-bond acceptors (Lipinski definition) is 7. The Balaban J connectivity index is 2.24. The van der Waals surface area contributed by atoms with E-state index >= 15 is 0 Å². The number of hydrogen-bond donors (Lipinski definition) is 0. The van der Waals surface area contributed by atoms with Gasteiger partial charge in [-0.15, -0.1) is 0 Å². The number of methoxy groups -OCH3 is 1. The lowest BCUT2D eigenvalue weighted by molar-refractivity contribution is -0.187. The van der Waals surface area contributed by atoms with E-state index < -0.39 is 29.7 Å². The Hall–Kier alpha value is -2.15. The molecule has 37 heavy (non-hydrogen) atoms. The van der Waals surface area contributed by atoms with Gasteiger partial charge >= 0.3 is 17.9 Å². The molecule has 0 amide bonds. The van der Waals surface area contributed by atoms with Crippen molar-refractivity contribution in [1.29, 1.82) is 0 Å². The normalized spacial score (nSPS) is 36.0. The van der Waals surface area contributed by atoms with Crippen LogP contribution in [-0.2, 0) is 33.3 Å². The molecule has 2 bridgehead atoms. The number of rotatable bonds is 6. The summed E-state index contributed by atoms with van der Waals surface area (Å²) in [6.45, 7) is 19.7. The first-order chi connectivity index (χ1) is 17.2. The van der Waals surface area contributed by atoms with Crippen LogP contribution in [0.1, 0.15) is 87.5 Å². The van der Waals surface area contributed by atoms with E-state index in [0.29, 0.717) is 19.3 Å². The third kappa shape index (κ3) is 5.52. The monoisotopic (exact) mass is 518 g/mol. The lowest BCUT2D eigenvalue weighted by atomic mass is 9.50. The zero-order valence-corrected chi connectivity index (χ0v) is 24.1. The Morgan fingerprint density at radius 2 is 1.68 bits per heavy atom. The van der Waals surface area contributed by atoms with Crippen LogP contribution in [0, 0.1) is 28.6 Å². The molecule has 3 aliphatic rings. The maximum absolute atomic E-state index is 13.1. The lowest BCUT2D eigenvalue weighted by Crippen LogP contribution is -2.60. The lowest BCUT2D eigenvalue weighted by Gasteiger charge is -2.59. The van der Waals surface area contributed by atoms with E-state index in [9.17, 15) is 14.4 Å². The average molecular weight is 519 g/mol. The van der Waals surface area contributed by atoms with Gasteiger partial charge in [0.25, 0.3) is 0 Å². The molecule has 8 atom stereocenters. The molecule has 0 spiro atoms. The summed E-state index contributed by atoms with van der Waals surface area (Å²) in [5, 5.41) is 0. The summed E-state index contributed by atoms with van der Waals surface area (Å²) in [4.78, 5) is 37.6. The van der Waals surface area contributed by atoms with Gasteiger partial charge in [0.15, 0.2) is 0 Å². The maximum atomic E-state index is 13.1. The van der Waals surface area contributed by atoms with Crippen molar-refractivity contribution in [2.45, 2.75) is 112 Å². The zero-order chi connectivity index (χ0) is 27.9. The molecule has 208 valence electrons. The van der Waals surface area contributed by atoms with Gasteiger partial charge in [-0.05, 0) is 54.6 Å². The first-order valence-corrected chi connectivity index (χ1v) is 13.6. The topological polar surface area (TPSA) is 88.1 Å². The van der Waals surface area contributed by atoms with Crippen molar-refractivity contribution >= 4 is 17.9 Å². The fraction of sp³-hybridized carbons (Fsp3) is 0.767. The Kier molecular flexibility index (Phi) is 8.67. The van der Waals surface area contributed by atoms with Gasteiger partial charge in [-0.1, -0.05) is 46.8 Å². The van der Waals surface area contributed by atoms with Crippen LogP contribution in [0.3, 0.4) is 0 Å². The van der Waals surface area contributed by atoms with Crippen LogP contribution in [0.2, 0.25) is 0 Å². The summed E-state index contributed by atoms with van der Waals surface area (Å²) in [7, 11) is 1.74. The van der Waals surface area contributed by atoms with E-state index in [1.165, 1.54) is 19.4 Å². The number of fused-ring (bicyclic) bond motifs is 3. The van der Waals surface area contributed by atoms with Crippen molar-refractivity contribution in [1.82, 2.24) is 0 Å². The molecule has 0 aromatic rings. The molecule has 0 aliphatic heterocycles. The highest BCUT2D eigenvalue weighted by Gasteiger charge is 2.61. The van der Waals surface area contributed by atoms with E-state index in [0.717, 1.165) is 24.0 Å². The largest absolute Gasteiger partial charge is 0.461 e. The van der Waals surface area contributed by atoms with Crippen molar-refractivity contribution in [3.63, 3.8) is 0 Å².